The van der Waals surface area contributed by atoms with Crippen molar-refractivity contribution in [3.05, 3.63) is 52.1 Å². The first-order valence-electron chi connectivity index (χ1n) is 9.49. The summed E-state index contributed by atoms with van der Waals surface area (Å²) in [5, 5.41) is 2.33. The van der Waals surface area contributed by atoms with Crippen LogP contribution >= 0.6 is 11.3 Å². The lowest BCUT2D eigenvalue weighted by molar-refractivity contribution is -0.138. The van der Waals surface area contributed by atoms with E-state index in [1.54, 1.807) is 12.1 Å². The predicted molar refractivity (Wildman–Crippen MR) is 109 cm³/mol. The second kappa shape index (κ2) is 7.47. The Balaban J connectivity index is 1.70. The van der Waals surface area contributed by atoms with Crippen molar-refractivity contribution in [1.82, 2.24) is 14.5 Å². The second-order valence-electron chi connectivity index (χ2n) is 7.44. The number of carbonyl (C=O) groups is 1. The summed E-state index contributed by atoms with van der Waals surface area (Å²) < 4.78 is 14.6. The van der Waals surface area contributed by atoms with Gasteiger partial charge in [-0.15, -0.1) is 11.3 Å². The number of fused-ring (bicyclic) bond motifs is 1. The van der Waals surface area contributed by atoms with Crippen molar-refractivity contribution in [1.29, 1.82) is 0 Å². The summed E-state index contributed by atoms with van der Waals surface area (Å²) in [5.41, 5.74) is 1.24. The molecule has 0 saturated carbocycles. The summed E-state index contributed by atoms with van der Waals surface area (Å²) >= 11 is 1.37. The fraction of sp³-hybridized carbons (Fsp3) is 0.381. The van der Waals surface area contributed by atoms with Gasteiger partial charge in [-0.2, -0.15) is 0 Å². The number of rotatable bonds is 3. The van der Waals surface area contributed by atoms with Gasteiger partial charge in [-0.25, -0.2) is 9.37 Å². The molecule has 5 nitrogen and oxygen atoms in total. The van der Waals surface area contributed by atoms with Crippen molar-refractivity contribution in [2.45, 2.75) is 51.7 Å². The molecule has 7 heteroatoms. The number of likely N-dealkylation sites (tertiary alicyclic amines) is 1. The van der Waals surface area contributed by atoms with Crippen molar-refractivity contribution in [2.24, 2.45) is 0 Å². The zero-order valence-corrected chi connectivity index (χ0v) is 16.7. The number of piperidine rings is 1. The monoisotopic (exact) mass is 399 g/mol. The third-order valence-electron chi connectivity index (χ3n) is 5.50. The Hall–Kier alpha value is -2.54. The Morgan fingerprint density at radius 1 is 1.21 bits per heavy atom. The van der Waals surface area contributed by atoms with E-state index in [0.29, 0.717) is 10.2 Å². The Morgan fingerprint density at radius 3 is 2.57 bits per heavy atom. The van der Waals surface area contributed by atoms with Gasteiger partial charge in [0, 0.05) is 23.0 Å². The summed E-state index contributed by atoms with van der Waals surface area (Å²) in [4.78, 5) is 32.9. The van der Waals surface area contributed by atoms with Crippen LogP contribution in [0.3, 0.4) is 0 Å². The Bertz CT molecular complexity index is 1060. The topological polar surface area (TPSA) is 55.2 Å². The third kappa shape index (κ3) is 3.35. The molecule has 1 amide bonds. The lowest BCUT2D eigenvalue weighted by Gasteiger charge is -2.39. The maximum Gasteiger partial charge on any atom is 0.263 e. The summed E-state index contributed by atoms with van der Waals surface area (Å²) in [6.07, 6.45) is 4.55. The smallest absolute Gasteiger partial charge is 0.263 e. The minimum atomic E-state index is -0.325. The van der Waals surface area contributed by atoms with Gasteiger partial charge in [0.1, 0.15) is 17.2 Å². The van der Waals surface area contributed by atoms with Crippen LogP contribution in [0, 0.1) is 5.82 Å². The van der Waals surface area contributed by atoms with Gasteiger partial charge in [-0.1, -0.05) is 12.1 Å². The molecule has 146 valence electrons. The van der Waals surface area contributed by atoms with Gasteiger partial charge in [0.25, 0.3) is 5.56 Å². The van der Waals surface area contributed by atoms with Crippen LogP contribution in [-0.2, 0) is 11.3 Å². The fourth-order valence-corrected chi connectivity index (χ4v) is 4.97. The van der Waals surface area contributed by atoms with Gasteiger partial charge in [0.15, 0.2) is 0 Å². The second-order valence-corrected chi connectivity index (χ2v) is 8.30. The molecule has 3 aromatic rings. The Morgan fingerprint density at radius 2 is 1.89 bits per heavy atom. The van der Waals surface area contributed by atoms with Crippen LogP contribution in [0.1, 0.15) is 33.1 Å². The quantitative estimate of drug-likeness (QED) is 0.668. The summed E-state index contributed by atoms with van der Waals surface area (Å²) in [6, 6.07) is 6.40. The zero-order chi connectivity index (χ0) is 19.8. The molecule has 0 radical (unpaired) electrons. The van der Waals surface area contributed by atoms with E-state index >= 15 is 0 Å². The van der Waals surface area contributed by atoms with Crippen molar-refractivity contribution >= 4 is 27.5 Å². The van der Waals surface area contributed by atoms with Gasteiger partial charge in [0.05, 0.1) is 11.7 Å². The number of hydrogen-bond acceptors (Lipinski definition) is 4. The van der Waals surface area contributed by atoms with E-state index in [-0.39, 0.29) is 35.9 Å². The first-order valence-corrected chi connectivity index (χ1v) is 10.4. The van der Waals surface area contributed by atoms with Crippen molar-refractivity contribution < 1.29 is 9.18 Å². The maximum absolute atomic E-state index is 13.3. The van der Waals surface area contributed by atoms with Crippen LogP contribution in [0.2, 0.25) is 0 Å². The highest BCUT2D eigenvalue weighted by Crippen LogP contribution is 2.30. The predicted octanol–water partition coefficient (Wildman–Crippen LogP) is 4.05. The van der Waals surface area contributed by atoms with Gasteiger partial charge in [-0.05, 0) is 50.8 Å². The average Bonchev–Trinajstić information content (AvgIpc) is 3.09. The largest absolute Gasteiger partial charge is 0.336 e. The SMILES string of the molecule is C[C@@H]1CCC[C@H](C)N1C(=O)Cn1cnc2scc(-c3ccc(F)cc3)c2c1=O. The molecule has 2 aromatic heterocycles. The first kappa shape index (κ1) is 18.8. The molecule has 4 rings (SSSR count). The van der Waals surface area contributed by atoms with E-state index in [4.69, 9.17) is 0 Å². The summed E-state index contributed by atoms with van der Waals surface area (Å²) in [5.74, 6) is -0.379. The molecule has 0 spiro atoms. The van der Waals surface area contributed by atoms with E-state index in [0.717, 1.165) is 30.4 Å². The molecular weight excluding hydrogens is 377 g/mol. The van der Waals surface area contributed by atoms with E-state index in [2.05, 4.69) is 18.8 Å². The number of halogens is 1. The number of aromatic nitrogens is 2. The number of thiophene rings is 1. The molecule has 0 unspecified atom stereocenters. The summed E-state index contributed by atoms with van der Waals surface area (Å²) in [7, 11) is 0. The Labute approximate surface area is 166 Å². The van der Waals surface area contributed by atoms with Crippen molar-refractivity contribution in [3.8, 4) is 11.1 Å². The van der Waals surface area contributed by atoms with Gasteiger partial charge >= 0.3 is 0 Å². The average molecular weight is 399 g/mol. The van der Waals surface area contributed by atoms with Crippen molar-refractivity contribution in [3.63, 3.8) is 0 Å². The molecule has 0 N–H and O–H groups in total. The van der Waals surface area contributed by atoms with Gasteiger partial charge < -0.3 is 4.90 Å². The highest BCUT2D eigenvalue weighted by atomic mass is 32.1. The van der Waals surface area contributed by atoms with Crippen molar-refractivity contribution in [2.75, 3.05) is 0 Å². The van der Waals surface area contributed by atoms with E-state index in [1.807, 2.05) is 10.3 Å². The third-order valence-corrected chi connectivity index (χ3v) is 6.39. The summed E-state index contributed by atoms with van der Waals surface area (Å²) in [6.45, 7) is 4.10. The molecule has 1 fully saturated rings. The normalized spacial score (nSPS) is 19.9. The van der Waals surface area contributed by atoms with Crippen LogP contribution in [0.25, 0.3) is 21.3 Å². The highest BCUT2D eigenvalue weighted by molar-refractivity contribution is 7.17. The van der Waals surface area contributed by atoms with Crippen LogP contribution in [0.15, 0.2) is 40.8 Å². The minimum absolute atomic E-state index is 0.0187. The van der Waals surface area contributed by atoms with E-state index in [1.165, 1.54) is 34.4 Å². The zero-order valence-electron chi connectivity index (χ0n) is 15.9. The molecule has 1 saturated heterocycles. The number of amides is 1. The van der Waals surface area contributed by atoms with E-state index in [9.17, 15) is 14.0 Å². The number of benzene rings is 1. The van der Waals surface area contributed by atoms with Crippen LogP contribution in [-0.4, -0.2) is 32.4 Å². The molecule has 1 aliphatic rings. The number of carbonyl (C=O) groups excluding carboxylic acids is 1. The minimum Gasteiger partial charge on any atom is -0.336 e. The van der Waals surface area contributed by atoms with Crippen LogP contribution in [0.4, 0.5) is 4.39 Å². The molecule has 1 aromatic carbocycles. The van der Waals surface area contributed by atoms with Crippen LogP contribution < -0.4 is 5.56 Å². The van der Waals surface area contributed by atoms with Gasteiger partial charge in [0.2, 0.25) is 5.91 Å². The molecule has 2 atom stereocenters. The lowest BCUT2D eigenvalue weighted by Crippen LogP contribution is -2.49. The number of hydrogen-bond donors (Lipinski definition) is 0. The van der Waals surface area contributed by atoms with Crippen LogP contribution in [0.5, 0.6) is 0 Å². The highest BCUT2D eigenvalue weighted by Gasteiger charge is 2.29. The maximum atomic E-state index is 13.3. The Kier molecular flexibility index (Phi) is 5.02. The number of nitrogens with zero attached hydrogens (tertiary/aromatic N) is 3. The molecule has 3 heterocycles. The van der Waals surface area contributed by atoms with Gasteiger partial charge in [-0.3, -0.25) is 14.2 Å². The first-order chi connectivity index (χ1) is 13.5. The van der Waals surface area contributed by atoms with E-state index < -0.39 is 0 Å². The molecular formula is C21H22FN3O2S. The molecule has 28 heavy (non-hydrogen) atoms. The standard InChI is InChI=1S/C21H22FN3O2S/c1-13-4-3-5-14(2)25(13)18(26)10-24-12-23-20-19(21(24)27)17(11-28-20)15-6-8-16(22)9-7-15/h6-9,11-14H,3-5,10H2,1-2H3/t13-,14+. The molecule has 0 bridgehead atoms. The molecule has 0 aliphatic carbocycles. The lowest BCUT2D eigenvalue weighted by atomic mass is 9.97. The molecule has 1 aliphatic heterocycles. The fourth-order valence-electron chi connectivity index (χ4n) is 4.06.